The van der Waals surface area contributed by atoms with E-state index in [2.05, 4.69) is 15.5 Å². The molecule has 1 aromatic heterocycles. The summed E-state index contributed by atoms with van der Waals surface area (Å²) < 4.78 is 10.8. The van der Waals surface area contributed by atoms with Crippen LogP contribution in [-0.4, -0.2) is 29.0 Å². The van der Waals surface area contributed by atoms with Crippen LogP contribution in [0.2, 0.25) is 0 Å². The fraction of sp³-hybridized carbons (Fsp3) is 0.211. The third kappa shape index (κ3) is 4.86. The van der Waals surface area contributed by atoms with Crippen molar-refractivity contribution in [2.24, 2.45) is 0 Å². The Morgan fingerprint density at radius 2 is 2.00 bits per heavy atom. The van der Waals surface area contributed by atoms with Gasteiger partial charge in [0.25, 0.3) is 5.22 Å². The molecular formula is C19H19N3O3S. The van der Waals surface area contributed by atoms with E-state index in [1.54, 1.807) is 7.11 Å². The van der Waals surface area contributed by atoms with Gasteiger partial charge >= 0.3 is 0 Å². The first-order valence-corrected chi connectivity index (χ1v) is 9.05. The van der Waals surface area contributed by atoms with Crippen molar-refractivity contribution in [3.63, 3.8) is 0 Å². The van der Waals surface area contributed by atoms with Gasteiger partial charge in [-0.2, -0.15) is 0 Å². The minimum atomic E-state index is -0.0864. The number of thioether (sulfide) groups is 1. The van der Waals surface area contributed by atoms with E-state index in [9.17, 15) is 4.79 Å². The SMILES string of the molecule is COc1cccc(-c2nnc(SCC(=O)NCc3ccc(C)cc3)o2)c1. The molecule has 0 saturated heterocycles. The van der Waals surface area contributed by atoms with Crippen molar-refractivity contribution < 1.29 is 13.9 Å². The lowest BCUT2D eigenvalue weighted by Crippen LogP contribution is -2.24. The standard InChI is InChI=1S/C19H19N3O3S/c1-13-6-8-14(9-7-13)11-20-17(23)12-26-19-22-21-18(25-19)15-4-3-5-16(10-15)24-2/h3-10H,11-12H2,1-2H3,(H,20,23). The van der Waals surface area contributed by atoms with E-state index in [0.717, 1.165) is 11.1 Å². The van der Waals surface area contributed by atoms with E-state index in [-0.39, 0.29) is 11.7 Å². The molecule has 1 N–H and O–H groups in total. The zero-order valence-electron chi connectivity index (χ0n) is 14.6. The van der Waals surface area contributed by atoms with Crippen LogP contribution in [0.25, 0.3) is 11.5 Å². The van der Waals surface area contributed by atoms with Crippen LogP contribution < -0.4 is 10.1 Å². The molecule has 0 aliphatic carbocycles. The number of methoxy groups -OCH3 is 1. The lowest BCUT2D eigenvalue weighted by atomic mass is 10.1. The summed E-state index contributed by atoms with van der Waals surface area (Å²) in [6.45, 7) is 2.53. The number of amides is 1. The second kappa shape index (κ2) is 8.53. The first kappa shape index (κ1) is 18.0. The predicted octanol–water partition coefficient (Wildman–Crippen LogP) is 3.46. The second-order valence-electron chi connectivity index (χ2n) is 5.66. The third-order valence-corrected chi connectivity index (χ3v) is 4.48. The summed E-state index contributed by atoms with van der Waals surface area (Å²) in [7, 11) is 1.60. The first-order chi connectivity index (χ1) is 12.6. The number of hydrogen-bond acceptors (Lipinski definition) is 6. The molecule has 6 nitrogen and oxygen atoms in total. The van der Waals surface area contributed by atoms with Crippen LogP contribution in [0.1, 0.15) is 11.1 Å². The summed E-state index contributed by atoms with van der Waals surface area (Å²) >= 11 is 1.21. The Hall–Kier alpha value is -2.80. The molecule has 0 fully saturated rings. The van der Waals surface area contributed by atoms with Crippen molar-refractivity contribution in [3.05, 3.63) is 59.7 Å². The van der Waals surface area contributed by atoms with Crippen LogP contribution in [0.15, 0.2) is 58.2 Å². The first-order valence-electron chi connectivity index (χ1n) is 8.07. The molecule has 0 aliphatic heterocycles. The monoisotopic (exact) mass is 369 g/mol. The Kier molecular flexibility index (Phi) is 5.91. The van der Waals surface area contributed by atoms with Crippen molar-refractivity contribution >= 4 is 17.7 Å². The molecule has 0 aliphatic rings. The minimum Gasteiger partial charge on any atom is -0.497 e. The molecule has 26 heavy (non-hydrogen) atoms. The van der Waals surface area contributed by atoms with Crippen molar-refractivity contribution in [2.45, 2.75) is 18.7 Å². The van der Waals surface area contributed by atoms with Gasteiger partial charge in [-0.1, -0.05) is 47.7 Å². The number of aryl methyl sites for hydroxylation is 1. The largest absolute Gasteiger partial charge is 0.497 e. The van der Waals surface area contributed by atoms with Gasteiger partial charge < -0.3 is 14.5 Å². The van der Waals surface area contributed by atoms with Crippen molar-refractivity contribution in [1.82, 2.24) is 15.5 Å². The number of hydrogen-bond donors (Lipinski definition) is 1. The molecule has 1 amide bonds. The highest BCUT2D eigenvalue weighted by Gasteiger charge is 2.11. The zero-order chi connectivity index (χ0) is 18.4. The molecule has 0 atom stereocenters. The topological polar surface area (TPSA) is 77.2 Å². The molecule has 0 spiro atoms. The van der Waals surface area contributed by atoms with Gasteiger partial charge in [0.2, 0.25) is 11.8 Å². The summed E-state index contributed by atoms with van der Waals surface area (Å²) in [5.74, 6) is 1.24. The van der Waals surface area contributed by atoms with E-state index < -0.39 is 0 Å². The van der Waals surface area contributed by atoms with Gasteiger partial charge in [-0.05, 0) is 30.7 Å². The van der Waals surface area contributed by atoms with Gasteiger partial charge in [0.1, 0.15) is 5.75 Å². The Balaban J connectivity index is 1.51. The molecule has 1 heterocycles. The van der Waals surface area contributed by atoms with Crippen LogP contribution in [0.5, 0.6) is 5.75 Å². The van der Waals surface area contributed by atoms with Gasteiger partial charge in [0.05, 0.1) is 12.9 Å². The molecule has 7 heteroatoms. The maximum absolute atomic E-state index is 12.0. The average molecular weight is 369 g/mol. The molecular weight excluding hydrogens is 350 g/mol. The Labute approximate surface area is 156 Å². The van der Waals surface area contributed by atoms with Crippen LogP contribution in [0, 0.1) is 6.92 Å². The van der Waals surface area contributed by atoms with Crippen molar-refractivity contribution in [1.29, 1.82) is 0 Å². The number of nitrogens with zero attached hydrogens (tertiary/aromatic N) is 2. The van der Waals surface area contributed by atoms with E-state index in [1.807, 2.05) is 55.5 Å². The van der Waals surface area contributed by atoms with Crippen molar-refractivity contribution in [3.8, 4) is 17.2 Å². The molecule has 0 unspecified atom stereocenters. The zero-order valence-corrected chi connectivity index (χ0v) is 15.4. The minimum absolute atomic E-state index is 0.0864. The number of benzene rings is 2. The lowest BCUT2D eigenvalue weighted by molar-refractivity contribution is -0.118. The maximum Gasteiger partial charge on any atom is 0.277 e. The normalized spacial score (nSPS) is 10.5. The van der Waals surface area contributed by atoms with Crippen LogP contribution in [0.3, 0.4) is 0 Å². The van der Waals surface area contributed by atoms with E-state index in [4.69, 9.17) is 9.15 Å². The Bertz CT molecular complexity index is 878. The van der Waals surface area contributed by atoms with Crippen LogP contribution in [0.4, 0.5) is 0 Å². The smallest absolute Gasteiger partial charge is 0.277 e. The summed E-state index contributed by atoms with van der Waals surface area (Å²) in [4.78, 5) is 12.0. The number of aromatic nitrogens is 2. The summed E-state index contributed by atoms with van der Waals surface area (Å²) in [5.41, 5.74) is 3.03. The quantitative estimate of drug-likeness (QED) is 0.643. The van der Waals surface area contributed by atoms with Gasteiger partial charge in [0.15, 0.2) is 0 Å². The predicted molar refractivity (Wildman–Crippen MR) is 100 cm³/mol. The average Bonchev–Trinajstić information content (AvgIpc) is 3.15. The summed E-state index contributed by atoms with van der Waals surface area (Å²) in [5, 5.41) is 11.2. The number of carbonyl (C=O) groups excluding carboxylic acids is 1. The van der Waals surface area contributed by atoms with Crippen LogP contribution >= 0.6 is 11.8 Å². The molecule has 0 bridgehead atoms. The van der Waals surface area contributed by atoms with E-state index in [1.165, 1.54) is 17.3 Å². The maximum atomic E-state index is 12.0. The fourth-order valence-electron chi connectivity index (χ4n) is 2.23. The van der Waals surface area contributed by atoms with Crippen LogP contribution in [-0.2, 0) is 11.3 Å². The highest BCUT2D eigenvalue weighted by Crippen LogP contribution is 2.25. The fourth-order valence-corrected chi connectivity index (χ4v) is 2.82. The van der Waals surface area contributed by atoms with Gasteiger partial charge in [-0.25, -0.2) is 0 Å². The number of rotatable bonds is 7. The van der Waals surface area contributed by atoms with E-state index >= 15 is 0 Å². The Morgan fingerprint density at radius 1 is 1.19 bits per heavy atom. The number of ether oxygens (including phenoxy) is 1. The van der Waals surface area contributed by atoms with E-state index in [0.29, 0.717) is 23.4 Å². The van der Waals surface area contributed by atoms with Gasteiger partial charge in [-0.3, -0.25) is 4.79 Å². The third-order valence-electron chi connectivity index (χ3n) is 3.66. The number of nitrogens with one attached hydrogen (secondary N) is 1. The summed E-state index contributed by atoms with van der Waals surface area (Å²) in [6.07, 6.45) is 0. The number of carbonyl (C=O) groups is 1. The summed E-state index contributed by atoms with van der Waals surface area (Å²) in [6, 6.07) is 15.4. The molecule has 0 saturated carbocycles. The molecule has 2 aromatic carbocycles. The molecule has 0 radical (unpaired) electrons. The molecule has 3 rings (SSSR count). The highest BCUT2D eigenvalue weighted by molar-refractivity contribution is 7.99. The van der Waals surface area contributed by atoms with Gasteiger partial charge in [0, 0.05) is 12.1 Å². The molecule has 134 valence electrons. The second-order valence-corrected chi connectivity index (χ2v) is 6.58. The highest BCUT2D eigenvalue weighted by atomic mass is 32.2. The lowest BCUT2D eigenvalue weighted by Gasteiger charge is -2.04. The Morgan fingerprint density at radius 3 is 2.77 bits per heavy atom. The van der Waals surface area contributed by atoms with Crippen molar-refractivity contribution in [2.75, 3.05) is 12.9 Å². The molecule has 3 aromatic rings. The van der Waals surface area contributed by atoms with Gasteiger partial charge in [-0.15, -0.1) is 10.2 Å².